The molecule has 4 heterocycles. The van der Waals surface area contributed by atoms with E-state index in [-0.39, 0.29) is 11.1 Å². The van der Waals surface area contributed by atoms with Crippen LogP contribution in [0.2, 0.25) is 0 Å². The summed E-state index contributed by atoms with van der Waals surface area (Å²) < 4.78 is 38.9. The average Bonchev–Trinajstić information content (AvgIpc) is 2.99. The molecule has 0 spiro atoms. The van der Waals surface area contributed by atoms with E-state index in [1.54, 1.807) is 57.7 Å². The maximum atomic E-state index is 14.3. The number of ether oxygens (including phenoxy) is 6. The monoisotopic (exact) mass is 602 g/mol. The summed E-state index contributed by atoms with van der Waals surface area (Å²) in [4.78, 5) is 28.2. The number of rotatable bonds is 5. The smallest absolute Gasteiger partial charge is 0.261 e. The highest BCUT2D eigenvalue weighted by molar-refractivity contribution is 5.96. The standard InChI is InChI=1S/C34H38N2O8/c1-33(2)16-20(24-28(43-33)18-12-14-23(40-8)30(42-10)26(18)36(6)32(24)38)21-15-19-27(44-34(21,3)4)17-11-13-22(39-7)29(41-9)25(17)35(5)31(19)37/h11-15,20H,16H2,1-10H3. The topological polar surface area (TPSA) is 99.4 Å². The summed E-state index contributed by atoms with van der Waals surface area (Å²) in [6.07, 6.45) is 2.41. The van der Waals surface area contributed by atoms with Crippen LogP contribution in [0.15, 0.2) is 39.4 Å². The molecule has 0 bridgehead atoms. The van der Waals surface area contributed by atoms with Gasteiger partial charge in [-0.25, -0.2) is 0 Å². The molecule has 1 atom stereocenters. The van der Waals surface area contributed by atoms with Gasteiger partial charge in [-0.05, 0) is 70.0 Å². The summed E-state index contributed by atoms with van der Waals surface area (Å²) in [5.41, 5.74) is 0.911. The number of benzene rings is 2. The highest BCUT2D eigenvalue weighted by Gasteiger charge is 2.46. The van der Waals surface area contributed by atoms with Crippen molar-refractivity contribution < 1.29 is 28.4 Å². The van der Waals surface area contributed by atoms with Crippen LogP contribution in [-0.4, -0.2) is 48.8 Å². The lowest BCUT2D eigenvalue weighted by Gasteiger charge is -2.44. The molecule has 4 aromatic rings. The first-order chi connectivity index (χ1) is 20.8. The predicted molar refractivity (Wildman–Crippen MR) is 169 cm³/mol. The minimum absolute atomic E-state index is 0.217. The van der Waals surface area contributed by atoms with Crippen LogP contribution in [-0.2, 0) is 14.1 Å². The molecule has 0 amide bonds. The Labute approximate surface area is 255 Å². The van der Waals surface area contributed by atoms with E-state index in [1.807, 2.05) is 52.0 Å². The fraction of sp³-hybridized carbons (Fsp3) is 0.412. The van der Waals surface area contributed by atoms with Gasteiger partial charge >= 0.3 is 0 Å². The van der Waals surface area contributed by atoms with Crippen LogP contribution in [0.3, 0.4) is 0 Å². The van der Waals surface area contributed by atoms with Crippen molar-refractivity contribution in [2.24, 2.45) is 14.1 Å². The Morgan fingerprint density at radius 2 is 1.25 bits per heavy atom. The van der Waals surface area contributed by atoms with E-state index >= 15 is 0 Å². The van der Waals surface area contributed by atoms with Gasteiger partial charge in [0.2, 0.25) is 0 Å². The minimum atomic E-state index is -0.883. The van der Waals surface area contributed by atoms with Crippen LogP contribution < -0.4 is 39.5 Å². The van der Waals surface area contributed by atoms with Gasteiger partial charge in [-0.1, -0.05) is 0 Å². The Morgan fingerprint density at radius 3 is 1.77 bits per heavy atom. The third kappa shape index (κ3) is 4.07. The van der Waals surface area contributed by atoms with Crippen molar-refractivity contribution in [2.45, 2.75) is 51.2 Å². The van der Waals surface area contributed by atoms with Crippen LogP contribution in [0.1, 0.15) is 51.2 Å². The zero-order valence-corrected chi connectivity index (χ0v) is 26.8. The summed E-state index contributed by atoms with van der Waals surface area (Å²) in [6.45, 7) is 7.94. The van der Waals surface area contributed by atoms with Crippen molar-refractivity contribution in [3.05, 3.63) is 61.7 Å². The summed E-state index contributed by atoms with van der Waals surface area (Å²) in [6, 6.07) is 7.38. The van der Waals surface area contributed by atoms with Gasteiger partial charge in [0, 0.05) is 30.8 Å². The highest BCUT2D eigenvalue weighted by Crippen LogP contribution is 2.53. The highest BCUT2D eigenvalue weighted by atomic mass is 16.5. The van der Waals surface area contributed by atoms with Crippen molar-refractivity contribution in [3.8, 4) is 34.5 Å². The summed E-state index contributed by atoms with van der Waals surface area (Å²) >= 11 is 0. The maximum Gasteiger partial charge on any atom is 0.261 e. The number of hydrogen-bond donors (Lipinski definition) is 0. The lowest BCUT2D eigenvalue weighted by Crippen LogP contribution is -2.45. The first kappa shape index (κ1) is 29.5. The maximum absolute atomic E-state index is 14.3. The van der Waals surface area contributed by atoms with E-state index in [4.69, 9.17) is 28.4 Å². The molecule has 232 valence electrons. The molecule has 6 rings (SSSR count). The quantitative estimate of drug-likeness (QED) is 0.303. The number of pyridine rings is 2. The molecule has 0 saturated heterocycles. The third-order valence-corrected chi connectivity index (χ3v) is 8.91. The van der Waals surface area contributed by atoms with E-state index < -0.39 is 17.1 Å². The number of fused-ring (bicyclic) bond motifs is 6. The normalized spacial score (nSPS) is 18.0. The van der Waals surface area contributed by atoms with Crippen molar-refractivity contribution >= 4 is 27.9 Å². The lowest BCUT2D eigenvalue weighted by atomic mass is 9.73. The molecule has 44 heavy (non-hydrogen) atoms. The van der Waals surface area contributed by atoms with Gasteiger partial charge in [0.25, 0.3) is 11.1 Å². The molecular formula is C34H38N2O8. The summed E-state index contributed by atoms with van der Waals surface area (Å²) in [5.74, 6) is 2.49. The number of hydrogen-bond acceptors (Lipinski definition) is 8. The van der Waals surface area contributed by atoms with Crippen LogP contribution in [0.4, 0.5) is 0 Å². The molecular weight excluding hydrogens is 564 g/mol. The fourth-order valence-electron chi connectivity index (χ4n) is 6.90. The molecule has 0 radical (unpaired) electrons. The second-order valence-corrected chi connectivity index (χ2v) is 12.4. The van der Waals surface area contributed by atoms with Crippen LogP contribution >= 0.6 is 0 Å². The van der Waals surface area contributed by atoms with Crippen molar-refractivity contribution in [1.82, 2.24) is 9.13 Å². The SMILES string of the molecule is COc1ccc2c3c(c(=O)n(C)c2c1OC)C=C(C1CC(C)(C)Oc2c1c(=O)n(C)c1c(OC)c(OC)ccc21)C(C)(C)O3. The largest absolute Gasteiger partial charge is 0.493 e. The van der Waals surface area contributed by atoms with Gasteiger partial charge in [-0.3, -0.25) is 9.59 Å². The first-order valence-corrected chi connectivity index (χ1v) is 14.5. The van der Waals surface area contributed by atoms with Gasteiger partial charge in [-0.2, -0.15) is 0 Å². The van der Waals surface area contributed by atoms with Gasteiger partial charge in [0.15, 0.2) is 23.0 Å². The lowest BCUT2D eigenvalue weighted by molar-refractivity contribution is 0.0676. The Balaban J connectivity index is 1.67. The van der Waals surface area contributed by atoms with E-state index in [0.29, 0.717) is 63.1 Å². The second-order valence-electron chi connectivity index (χ2n) is 12.4. The average molecular weight is 603 g/mol. The van der Waals surface area contributed by atoms with Crippen molar-refractivity contribution in [2.75, 3.05) is 28.4 Å². The van der Waals surface area contributed by atoms with Gasteiger partial charge in [0.05, 0.1) is 39.6 Å². The predicted octanol–water partition coefficient (Wildman–Crippen LogP) is 5.32. The number of methoxy groups -OCH3 is 4. The Bertz CT molecular complexity index is 2020. The van der Waals surface area contributed by atoms with E-state index in [0.717, 1.165) is 16.3 Å². The Kier molecular flexibility index (Phi) is 6.68. The number of aromatic nitrogens is 2. The molecule has 0 aliphatic carbocycles. The summed E-state index contributed by atoms with van der Waals surface area (Å²) in [7, 11) is 9.64. The molecule has 10 nitrogen and oxygen atoms in total. The molecule has 0 N–H and O–H groups in total. The van der Waals surface area contributed by atoms with Crippen LogP contribution in [0.25, 0.3) is 27.9 Å². The second kappa shape index (κ2) is 9.97. The van der Waals surface area contributed by atoms with Crippen molar-refractivity contribution in [1.29, 1.82) is 0 Å². The Morgan fingerprint density at radius 1 is 0.727 bits per heavy atom. The fourth-order valence-corrected chi connectivity index (χ4v) is 6.90. The number of nitrogens with zero attached hydrogens (tertiary/aromatic N) is 2. The van der Waals surface area contributed by atoms with E-state index in [9.17, 15) is 9.59 Å². The molecule has 0 saturated carbocycles. The van der Waals surface area contributed by atoms with E-state index in [1.165, 1.54) is 0 Å². The summed E-state index contributed by atoms with van der Waals surface area (Å²) in [5, 5.41) is 1.45. The van der Waals surface area contributed by atoms with Gasteiger partial charge in [-0.15, -0.1) is 0 Å². The molecule has 2 aliphatic heterocycles. The molecule has 2 aromatic carbocycles. The van der Waals surface area contributed by atoms with Crippen molar-refractivity contribution in [3.63, 3.8) is 0 Å². The molecule has 1 unspecified atom stereocenters. The molecule has 2 aliphatic rings. The molecule has 2 aromatic heterocycles. The zero-order valence-electron chi connectivity index (χ0n) is 26.8. The van der Waals surface area contributed by atoms with E-state index in [2.05, 4.69) is 0 Å². The number of aryl methyl sites for hydroxylation is 2. The zero-order chi connectivity index (χ0) is 31.9. The van der Waals surface area contributed by atoms with Crippen LogP contribution in [0.5, 0.6) is 34.5 Å². The minimum Gasteiger partial charge on any atom is -0.493 e. The van der Waals surface area contributed by atoms with Gasteiger partial charge < -0.3 is 37.6 Å². The van der Waals surface area contributed by atoms with Gasteiger partial charge in [0.1, 0.15) is 33.7 Å². The molecule has 10 heteroatoms. The first-order valence-electron chi connectivity index (χ1n) is 14.5. The third-order valence-electron chi connectivity index (χ3n) is 8.91. The van der Waals surface area contributed by atoms with Crippen LogP contribution in [0, 0.1) is 0 Å². The molecule has 0 fully saturated rings. The Hall–Kier alpha value is -4.60.